The van der Waals surface area contributed by atoms with Crippen LogP contribution in [0.3, 0.4) is 0 Å². The molecular weight excluding hydrogens is 537 g/mol. The molecule has 3 aromatic heterocycles. The van der Waals surface area contributed by atoms with Gasteiger partial charge < -0.3 is 25.1 Å². The van der Waals surface area contributed by atoms with Crippen LogP contribution in [-0.4, -0.2) is 43.6 Å². The van der Waals surface area contributed by atoms with E-state index in [-0.39, 0.29) is 29.5 Å². The molecule has 0 aliphatic carbocycles. The molecule has 212 valence electrons. The van der Waals surface area contributed by atoms with Crippen molar-refractivity contribution in [2.24, 2.45) is 0 Å². The maximum atomic E-state index is 15.6. The molecule has 11 heteroatoms. The summed E-state index contributed by atoms with van der Waals surface area (Å²) in [5, 5.41) is 3.43. The lowest BCUT2D eigenvalue weighted by molar-refractivity contribution is -0.112. The van der Waals surface area contributed by atoms with Gasteiger partial charge in [0.2, 0.25) is 0 Å². The number of aryl methyl sites for hydroxylation is 1. The van der Waals surface area contributed by atoms with Crippen molar-refractivity contribution in [3.8, 4) is 34.1 Å². The number of nitrogens with zero attached hydrogens (tertiary/aromatic N) is 5. The fourth-order valence-electron chi connectivity index (χ4n) is 5.06. The molecule has 0 saturated carbocycles. The molecule has 1 aliphatic heterocycles. The fourth-order valence-corrected chi connectivity index (χ4v) is 5.06. The molecule has 0 spiro atoms. The van der Waals surface area contributed by atoms with Crippen LogP contribution in [0.2, 0.25) is 0 Å². The molecule has 0 radical (unpaired) electrons. The molecular formula is C31H28FN7O3. The maximum Gasteiger partial charge on any atom is 0.322 e. The van der Waals surface area contributed by atoms with Gasteiger partial charge in [-0.05, 0) is 61.7 Å². The van der Waals surface area contributed by atoms with Gasteiger partial charge in [-0.2, -0.15) is 0 Å². The molecule has 1 aliphatic rings. The Bertz CT molecular complexity index is 1830. The number of hydrogen-bond acceptors (Lipinski definition) is 8. The van der Waals surface area contributed by atoms with Crippen molar-refractivity contribution in [3.63, 3.8) is 0 Å². The van der Waals surface area contributed by atoms with Gasteiger partial charge in [-0.3, -0.25) is 4.79 Å². The zero-order valence-electron chi connectivity index (χ0n) is 23.1. The van der Waals surface area contributed by atoms with E-state index in [0.717, 1.165) is 17.7 Å². The summed E-state index contributed by atoms with van der Waals surface area (Å²) in [7, 11) is 0. The molecule has 3 N–H and O–H groups in total. The normalized spacial score (nSPS) is 14.7. The largest absolute Gasteiger partial charge is 0.421 e. The summed E-state index contributed by atoms with van der Waals surface area (Å²) in [6.07, 6.45) is 3.74. The summed E-state index contributed by atoms with van der Waals surface area (Å²) in [4.78, 5) is 29.3. The lowest BCUT2D eigenvalue weighted by atomic mass is 9.98. The molecule has 1 fully saturated rings. The Hall–Kier alpha value is -5.16. The highest BCUT2D eigenvalue weighted by atomic mass is 19.1. The van der Waals surface area contributed by atoms with Crippen LogP contribution in [0.1, 0.15) is 25.1 Å². The second kappa shape index (κ2) is 11.0. The molecule has 5 aromatic rings. The van der Waals surface area contributed by atoms with E-state index in [1.807, 2.05) is 24.3 Å². The Labute approximate surface area is 241 Å². The van der Waals surface area contributed by atoms with Crippen LogP contribution >= 0.6 is 0 Å². The van der Waals surface area contributed by atoms with Gasteiger partial charge in [-0.1, -0.05) is 24.8 Å². The van der Waals surface area contributed by atoms with Crippen molar-refractivity contribution in [1.82, 2.24) is 24.5 Å². The van der Waals surface area contributed by atoms with Crippen molar-refractivity contribution < 1.29 is 18.7 Å². The lowest BCUT2D eigenvalue weighted by Gasteiger charge is -2.18. The number of fused-ring (bicyclic) bond motifs is 1. The van der Waals surface area contributed by atoms with Crippen LogP contribution in [0.25, 0.3) is 33.4 Å². The predicted octanol–water partition coefficient (Wildman–Crippen LogP) is 5.85. The minimum atomic E-state index is -0.595. The molecule has 0 bridgehead atoms. The number of nitrogens with one attached hydrogen (secondary N) is 1. The second-order valence-corrected chi connectivity index (χ2v) is 10.1. The van der Waals surface area contributed by atoms with Gasteiger partial charge in [0, 0.05) is 35.3 Å². The van der Waals surface area contributed by atoms with E-state index in [1.165, 1.54) is 18.5 Å². The first-order valence-electron chi connectivity index (χ1n) is 13.4. The van der Waals surface area contributed by atoms with Crippen LogP contribution in [0.5, 0.6) is 11.8 Å². The van der Waals surface area contributed by atoms with Gasteiger partial charge in [0.15, 0.2) is 11.6 Å². The van der Waals surface area contributed by atoms with Crippen molar-refractivity contribution in [1.29, 1.82) is 0 Å². The molecule has 0 unspecified atom stereocenters. The van der Waals surface area contributed by atoms with Crippen LogP contribution in [0, 0.1) is 12.7 Å². The average Bonchev–Trinajstić information content (AvgIpc) is 3.61. The van der Waals surface area contributed by atoms with Crippen molar-refractivity contribution >= 4 is 28.4 Å². The summed E-state index contributed by atoms with van der Waals surface area (Å²) in [6.45, 7) is 8.23. The predicted molar refractivity (Wildman–Crippen MR) is 158 cm³/mol. The van der Waals surface area contributed by atoms with E-state index in [2.05, 4.69) is 36.4 Å². The molecule has 1 atom stereocenters. The molecule has 1 amide bonds. The van der Waals surface area contributed by atoms with Crippen LogP contribution in [-0.2, 0) is 9.53 Å². The first-order valence-corrected chi connectivity index (χ1v) is 13.4. The molecule has 4 heterocycles. The van der Waals surface area contributed by atoms with E-state index in [9.17, 15) is 4.79 Å². The third-order valence-electron chi connectivity index (χ3n) is 7.08. The Morgan fingerprint density at radius 3 is 2.62 bits per heavy atom. The van der Waals surface area contributed by atoms with Crippen molar-refractivity contribution in [2.75, 3.05) is 24.3 Å². The summed E-state index contributed by atoms with van der Waals surface area (Å²) in [5.74, 6) is -0.603. The third kappa shape index (κ3) is 5.06. The van der Waals surface area contributed by atoms with Gasteiger partial charge in [-0.15, -0.1) is 0 Å². The number of nitrogens with two attached hydrogens (primary N) is 1. The number of anilines is 2. The first kappa shape index (κ1) is 27.0. The molecule has 2 aromatic carbocycles. The Morgan fingerprint density at radius 2 is 1.93 bits per heavy atom. The van der Waals surface area contributed by atoms with Gasteiger partial charge >= 0.3 is 6.01 Å². The van der Waals surface area contributed by atoms with E-state index in [4.69, 9.17) is 15.2 Å². The third-order valence-corrected chi connectivity index (χ3v) is 7.08. The molecule has 6 rings (SSSR count). The number of halogens is 1. The Morgan fingerprint density at radius 1 is 1.14 bits per heavy atom. The van der Waals surface area contributed by atoms with Gasteiger partial charge in [0.1, 0.15) is 17.8 Å². The highest BCUT2D eigenvalue weighted by molar-refractivity contribution is 6.08. The second-order valence-electron chi connectivity index (χ2n) is 10.1. The molecule has 1 saturated heterocycles. The minimum absolute atomic E-state index is 0.0133. The van der Waals surface area contributed by atoms with E-state index < -0.39 is 5.82 Å². The maximum absolute atomic E-state index is 15.6. The molecule has 10 nitrogen and oxygen atoms in total. The van der Waals surface area contributed by atoms with Crippen LogP contribution in [0.4, 0.5) is 15.9 Å². The zero-order chi connectivity index (χ0) is 29.4. The SMILES string of the molecule is C=C(C)C(=O)Nc1ccc(-c2c(-c3ccc(Oc4nccc(C)n4)c(F)c3)c3c(N)ncnc3n2[C@H]2CCOC2)cc1. The minimum Gasteiger partial charge on any atom is -0.421 e. The topological polar surface area (TPSA) is 130 Å². The van der Waals surface area contributed by atoms with E-state index in [0.29, 0.717) is 52.3 Å². The van der Waals surface area contributed by atoms with Gasteiger partial charge in [0.05, 0.1) is 23.7 Å². The zero-order valence-corrected chi connectivity index (χ0v) is 23.1. The summed E-state index contributed by atoms with van der Waals surface area (Å²) in [6, 6.07) is 13.8. The van der Waals surface area contributed by atoms with E-state index >= 15 is 4.39 Å². The summed E-state index contributed by atoms with van der Waals surface area (Å²) < 4.78 is 29.1. The number of hydrogen-bond donors (Lipinski definition) is 2. The standard InChI is InChI=1S/C31H28FN7O3/c1-17(2)30(40)38-21-7-4-19(5-8-21)27-25(26-28(33)35-16-36-29(26)39(27)22-11-13-41-15-22)20-6-9-24(23(32)14-20)42-31-34-12-10-18(3)37-31/h4-10,12,14,16,22H,1,11,13,15H2,2-3H3,(H,38,40)(H2,33,35,36)/t22-/m0/s1. The fraction of sp³-hybridized carbons (Fsp3) is 0.194. The quantitative estimate of drug-likeness (QED) is 0.235. The number of benzene rings is 2. The number of aromatic nitrogens is 5. The van der Waals surface area contributed by atoms with Crippen LogP contribution < -0.4 is 15.8 Å². The Balaban J connectivity index is 1.52. The number of carbonyl (C=O) groups is 1. The summed E-state index contributed by atoms with van der Waals surface area (Å²) in [5.41, 5.74) is 11.6. The smallest absolute Gasteiger partial charge is 0.322 e. The number of ether oxygens (including phenoxy) is 2. The lowest BCUT2D eigenvalue weighted by Crippen LogP contribution is -2.12. The number of amides is 1. The number of carbonyl (C=O) groups excluding carboxylic acids is 1. The van der Waals surface area contributed by atoms with Crippen molar-refractivity contribution in [2.45, 2.75) is 26.3 Å². The van der Waals surface area contributed by atoms with Crippen molar-refractivity contribution in [3.05, 3.63) is 84.7 Å². The monoisotopic (exact) mass is 565 g/mol. The van der Waals surface area contributed by atoms with Gasteiger partial charge in [0.25, 0.3) is 5.91 Å². The van der Waals surface area contributed by atoms with E-state index in [1.54, 1.807) is 32.2 Å². The van der Waals surface area contributed by atoms with Gasteiger partial charge in [-0.25, -0.2) is 24.3 Å². The highest BCUT2D eigenvalue weighted by Crippen LogP contribution is 2.45. The van der Waals surface area contributed by atoms with Crippen LogP contribution in [0.15, 0.2) is 73.2 Å². The summed E-state index contributed by atoms with van der Waals surface area (Å²) >= 11 is 0. The highest BCUT2D eigenvalue weighted by Gasteiger charge is 2.30. The first-order chi connectivity index (χ1) is 20.3. The Kier molecular flexibility index (Phi) is 7.09. The number of nitrogen functional groups attached to an aromatic ring is 1. The average molecular weight is 566 g/mol. The number of rotatable bonds is 7. The molecule has 42 heavy (non-hydrogen) atoms.